The van der Waals surface area contributed by atoms with Gasteiger partial charge in [-0.3, -0.25) is 0 Å². The van der Waals surface area contributed by atoms with Crippen LogP contribution in [0.3, 0.4) is 0 Å². The van der Waals surface area contributed by atoms with Gasteiger partial charge in [-0.2, -0.15) is 0 Å². The number of nitrogens with two attached hydrogens (primary N) is 1. The van der Waals surface area contributed by atoms with E-state index in [0.29, 0.717) is 0 Å². The van der Waals surface area contributed by atoms with Crippen LogP contribution in [0, 0.1) is 0 Å². The van der Waals surface area contributed by atoms with Gasteiger partial charge in [0.1, 0.15) is 0 Å². The molecule has 0 aliphatic carbocycles. The van der Waals surface area contributed by atoms with Crippen LogP contribution >= 0.6 is 0 Å². The Kier molecular flexibility index (Phi) is 9.77. The molecule has 0 radical (unpaired) electrons. The first-order valence-corrected chi connectivity index (χ1v) is 4.40. The van der Waals surface area contributed by atoms with E-state index >= 15 is 0 Å². The molecule has 68 valence electrons. The number of rotatable bonds is 8. The normalized spacial score (nSPS) is 10.4. The van der Waals surface area contributed by atoms with Crippen molar-refractivity contribution in [2.24, 2.45) is 5.73 Å². The van der Waals surface area contributed by atoms with Crippen molar-refractivity contribution in [3.05, 3.63) is 0 Å². The highest BCUT2D eigenvalue weighted by Gasteiger charge is 1.86. The standard InChI is InChI=1S/C8H20N2O/c1-2-11-8-4-7-10-6-3-5-9/h10H,2-9H2,1H3. The topological polar surface area (TPSA) is 47.3 Å². The number of hydrogen-bond acceptors (Lipinski definition) is 3. The molecule has 0 unspecified atom stereocenters. The third-order valence-electron chi connectivity index (χ3n) is 1.40. The van der Waals surface area contributed by atoms with Gasteiger partial charge < -0.3 is 15.8 Å². The fourth-order valence-electron chi connectivity index (χ4n) is 0.796. The predicted octanol–water partition coefficient (Wildman–Crippen LogP) is 0.351. The first-order valence-electron chi connectivity index (χ1n) is 4.40. The Hall–Kier alpha value is -0.120. The summed E-state index contributed by atoms with van der Waals surface area (Å²) in [6, 6.07) is 0. The molecule has 0 heterocycles. The van der Waals surface area contributed by atoms with Gasteiger partial charge in [-0.05, 0) is 39.4 Å². The molecule has 0 aromatic heterocycles. The van der Waals surface area contributed by atoms with Crippen LogP contribution in [0.15, 0.2) is 0 Å². The quantitative estimate of drug-likeness (QED) is 0.504. The summed E-state index contributed by atoms with van der Waals surface area (Å²) in [6.45, 7) is 6.55. The monoisotopic (exact) mass is 160 g/mol. The van der Waals surface area contributed by atoms with Crippen molar-refractivity contribution >= 4 is 0 Å². The van der Waals surface area contributed by atoms with Crippen LogP contribution in [0.25, 0.3) is 0 Å². The van der Waals surface area contributed by atoms with Crippen molar-refractivity contribution < 1.29 is 4.74 Å². The Bertz CT molecular complexity index is 61.1. The van der Waals surface area contributed by atoms with Crippen LogP contribution in [0.5, 0.6) is 0 Å². The van der Waals surface area contributed by atoms with Gasteiger partial charge in [0.2, 0.25) is 0 Å². The Morgan fingerprint density at radius 3 is 2.64 bits per heavy atom. The van der Waals surface area contributed by atoms with E-state index in [2.05, 4.69) is 5.32 Å². The van der Waals surface area contributed by atoms with E-state index in [1.807, 2.05) is 6.92 Å². The summed E-state index contributed by atoms with van der Waals surface area (Å²) >= 11 is 0. The van der Waals surface area contributed by atoms with Gasteiger partial charge >= 0.3 is 0 Å². The van der Waals surface area contributed by atoms with Crippen LogP contribution in [-0.2, 0) is 4.74 Å². The molecule has 0 bridgehead atoms. The van der Waals surface area contributed by atoms with Crippen molar-refractivity contribution in [1.82, 2.24) is 5.32 Å². The lowest BCUT2D eigenvalue weighted by atomic mass is 10.4. The van der Waals surface area contributed by atoms with Crippen molar-refractivity contribution in [3.8, 4) is 0 Å². The predicted molar refractivity (Wildman–Crippen MR) is 47.7 cm³/mol. The molecule has 0 aromatic rings. The summed E-state index contributed by atoms with van der Waals surface area (Å²) < 4.78 is 5.18. The number of ether oxygens (including phenoxy) is 1. The van der Waals surface area contributed by atoms with Gasteiger partial charge in [0, 0.05) is 13.2 Å². The highest BCUT2D eigenvalue weighted by molar-refractivity contribution is 4.47. The Labute approximate surface area is 69.3 Å². The SMILES string of the molecule is CCOCCCNCCCN. The second-order valence-corrected chi connectivity index (χ2v) is 2.44. The molecule has 0 fully saturated rings. The molecule has 0 saturated carbocycles. The maximum absolute atomic E-state index is 5.33. The molecular formula is C8H20N2O. The highest BCUT2D eigenvalue weighted by Crippen LogP contribution is 1.80. The zero-order valence-corrected chi connectivity index (χ0v) is 7.44. The van der Waals surface area contributed by atoms with Gasteiger partial charge in [-0.15, -0.1) is 0 Å². The molecule has 0 atom stereocenters. The molecule has 11 heavy (non-hydrogen) atoms. The van der Waals surface area contributed by atoms with E-state index in [1.165, 1.54) is 0 Å². The van der Waals surface area contributed by atoms with Gasteiger partial charge in [0.15, 0.2) is 0 Å². The molecular weight excluding hydrogens is 140 g/mol. The third kappa shape index (κ3) is 9.88. The molecule has 0 aliphatic rings. The third-order valence-corrected chi connectivity index (χ3v) is 1.40. The smallest absolute Gasteiger partial charge is 0.0477 e. The summed E-state index contributed by atoms with van der Waals surface area (Å²) in [5, 5.41) is 3.29. The summed E-state index contributed by atoms with van der Waals surface area (Å²) in [7, 11) is 0. The molecule has 0 rings (SSSR count). The maximum Gasteiger partial charge on any atom is 0.0477 e. The minimum Gasteiger partial charge on any atom is -0.382 e. The molecule has 3 heteroatoms. The largest absolute Gasteiger partial charge is 0.382 e. The van der Waals surface area contributed by atoms with E-state index in [-0.39, 0.29) is 0 Å². The second kappa shape index (κ2) is 9.88. The van der Waals surface area contributed by atoms with Crippen LogP contribution in [-0.4, -0.2) is 32.8 Å². The minimum absolute atomic E-state index is 0.776. The Morgan fingerprint density at radius 2 is 2.00 bits per heavy atom. The molecule has 0 aromatic carbocycles. The van der Waals surface area contributed by atoms with Crippen LogP contribution < -0.4 is 11.1 Å². The number of hydrogen-bond donors (Lipinski definition) is 2. The zero-order chi connectivity index (χ0) is 8.36. The first kappa shape index (κ1) is 10.9. The average Bonchev–Trinajstić information content (AvgIpc) is 2.03. The lowest BCUT2D eigenvalue weighted by Crippen LogP contribution is -2.20. The van der Waals surface area contributed by atoms with Crippen molar-refractivity contribution in [2.75, 3.05) is 32.8 Å². The summed E-state index contributed by atoms with van der Waals surface area (Å²) in [5.41, 5.74) is 5.33. The van der Waals surface area contributed by atoms with E-state index in [0.717, 1.165) is 45.7 Å². The summed E-state index contributed by atoms with van der Waals surface area (Å²) in [5.74, 6) is 0. The lowest BCUT2D eigenvalue weighted by molar-refractivity contribution is 0.145. The lowest BCUT2D eigenvalue weighted by Gasteiger charge is -2.02. The highest BCUT2D eigenvalue weighted by atomic mass is 16.5. The van der Waals surface area contributed by atoms with Crippen LogP contribution in [0.2, 0.25) is 0 Å². The van der Waals surface area contributed by atoms with Crippen molar-refractivity contribution in [1.29, 1.82) is 0 Å². The van der Waals surface area contributed by atoms with Crippen molar-refractivity contribution in [2.45, 2.75) is 19.8 Å². The fourth-order valence-corrected chi connectivity index (χ4v) is 0.796. The van der Waals surface area contributed by atoms with E-state index < -0.39 is 0 Å². The van der Waals surface area contributed by atoms with E-state index in [4.69, 9.17) is 10.5 Å². The van der Waals surface area contributed by atoms with Crippen LogP contribution in [0.1, 0.15) is 19.8 Å². The minimum atomic E-state index is 0.776. The van der Waals surface area contributed by atoms with Crippen LogP contribution in [0.4, 0.5) is 0 Å². The fraction of sp³-hybridized carbons (Fsp3) is 1.00. The molecule has 0 aliphatic heterocycles. The maximum atomic E-state index is 5.33. The molecule has 3 N–H and O–H groups in total. The van der Waals surface area contributed by atoms with Gasteiger partial charge in [0.25, 0.3) is 0 Å². The molecule has 0 saturated heterocycles. The molecule has 3 nitrogen and oxygen atoms in total. The zero-order valence-electron chi connectivity index (χ0n) is 7.44. The first-order chi connectivity index (χ1) is 5.41. The van der Waals surface area contributed by atoms with Gasteiger partial charge in [-0.25, -0.2) is 0 Å². The summed E-state index contributed by atoms with van der Waals surface area (Å²) in [4.78, 5) is 0. The van der Waals surface area contributed by atoms with Crippen molar-refractivity contribution in [3.63, 3.8) is 0 Å². The molecule has 0 spiro atoms. The number of nitrogens with one attached hydrogen (secondary N) is 1. The second-order valence-electron chi connectivity index (χ2n) is 2.44. The van der Waals surface area contributed by atoms with Gasteiger partial charge in [0.05, 0.1) is 0 Å². The Morgan fingerprint density at radius 1 is 1.27 bits per heavy atom. The summed E-state index contributed by atoms with van der Waals surface area (Å²) in [6.07, 6.45) is 2.16. The molecule has 0 amide bonds. The average molecular weight is 160 g/mol. The van der Waals surface area contributed by atoms with Gasteiger partial charge in [-0.1, -0.05) is 0 Å². The van der Waals surface area contributed by atoms with E-state index in [1.54, 1.807) is 0 Å². The Balaban J connectivity index is 2.69. The van der Waals surface area contributed by atoms with E-state index in [9.17, 15) is 0 Å².